The zero-order chi connectivity index (χ0) is 24.1. The molecule has 2 aromatic carbocycles. The molecule has 0 spiro atoms. The highest BCUT2D eigenvalue weighted by atomic mass is 16.5. The Hall–Kier alpha value is -4.34. The van der Waals surface area contributed by atoms with Crippen molar-refractivity contribution in [3.8, 4) is 17.2 Å². The number of amides is 4. The van der Waals surface area contributed by atoms with E-state index >= 15 is 0 Å². The first-order valence-corrected chi connectivity index (χ1v) is 9.97. The average molecular weight is 454 g/mol. The van der Waals surface area contributed by atoms with E-state index in [2.05, 4.69) is 5.32 Å². The maximum absolute atomic E-state index is 13.1. The number of aliphatic carboxylic acids is 1. The Morgan fingerprint density at radius 1 is 1.15 bits per heavy atom. The van der Waals surface area contributed by atoms with E-state index in [1.165, 1.54) is 38.3 Å². The Labute approximate surface area is 189 Å². The SMILES string of the molecule is CCOc1ccc(N2C(=O)NC(=O)/C(=C\c3cccc(OC)c3O[C@H](C)C(=O)O)C2=O)cc1. The number of methoxy groups -OCH3 is 1. The van der Waals surface area contributed by atoms with Gasteiger partial charge in [-0.3, -0.25) is 14.9 Å². The van der Waals surface area contributed by atoms with Gasteiger partial charge in [-0.15, -0.1) is 0 Å². The molecule has 0 unspecified atom stereocenters. The Morgan fingerprint density at radius 3 is 2.45 bits per heavy atom. The summed E-state index contributed by atoms with van der Waals surface area (Å²) in [6.45, 7) is 3.61. The minimum Gasteiger partial charge on any atom is -0.494 e. The highest BCUT2D eigenvalue weighted by molar-refractivity contribution is 6.39. The van der Waals surface area contributed by atoms with E-state index in [1.807, 2.05) is 6.92 Å². The normalized spacial score (nSPS) is 15.8. The van der Waals surface area contributed by atoms with Crippen molar-refractivity contribution in [2.45, 2.75) is 20.0 Å². The first-order valence-electron chi connectivity index (χ1n) is 9.97. The number of benzene rings is 2. The van der Waals surface area contributed by atoms with E-state index in [9.17, 15) is 24.3 Å². The van der Waals surface area contributed by atoms with Gasteiger partial charge in [-0.25, -0.2) is 14.5 Å². The number of carbonyl (C=O) groups is 4. The van der Waals surface area contributed by atoms with Crippen LogP contribution >= 0.6 is 0 Å². The van der Waals surface area contributed by atoms with Gasteiger partial charge in [0.05, 0.1) is 19.4 Å². The fourth-order valence-electron chi connectivity index (χ4n) is 3.07. The molecule has 0 aliphatic carbocycles. The smallest absolute Gasteiger partial charge is 0.344 e. The third-order valence-electron chi connectivity index (χ3n) is 4.68. The molecular weight excluding hydrogens is 432 g/mol. The fraction of sp³-hybridized carbons (Fsp3) is 0.217. The van der Waals surface area contributed by atoms with Gasteiger partial charge in [0.1, 0.15) is 11.3 Å². The Bertz CT molecular complexity index is 1120. The molecule has 1 fully saturated rings. The number of carboxylic acid groups (broad SMARTS) is 1. The van der Waals surface area contributed by atoms with Crippen LogP contribution in [0.1, 0.15) is 19.4 Å². The molecule has 0 radical (unpaired) electrons. The van der Waals surface area contributed by atoms with Crippen molar-refractivity contribution in [2.75, 3.05) is 18.6 Å². The Kier molecular flexibility index (Phi) is 6.97. The van der Waals surface area contributed by atoms with Gasteiger partial charge >= 0.3 is 12.0 Å². The minimum atomic E-state index is -1.23. The van der Waals surface area contributed by atoms with Crippen molar-refractivity contribution in [1.29, 1.82) is 0 Å². The maximum atomic E-state index is 13.1. The van der Waals surface area contributed by atoms with Crippen molar-refractivity contribution in [3.05, 3.63) is 53.6 Å². The molecule has 1 atom stereocenters. The molecule has 1 heterocycles. The second-order valence-electron chi connectivity index (χ2n) is 6.86. The standard InChI is InChI=1S/C23H22N2O8/c1-4-32-16-10-8-15(9-11-16)25-21(27)17(20(26)24-23(25)30)12-14-6-5-7-18(31-3)19(14)33-13(2)22(28)29/h5-13H,4H2,1-3H3,(H,28,29)(H,24,26,30)/b17-12+/t13-/m1/s1. The molecular formula is C23H22N2O8. The van der Waals surface area contributed by atoms with Gasteiger partial charge in [-0.1, -0.05) is 12.1 Å². The lowest BCUT2D eigenvalue weighted by molar-refractivity contribution is -0.144. The van der Waals surface area contributed by atoms with Gasteiger partial charge in [0.2, 0.25) is 0 Å². The van der Waals surface area contributed by atoms with E-state index in [-0.39, 0.29) is 28.3 Å². The molecule has 0 saturated carbocycles. The average Bonchev–Trinajstić information content (AvgIpc) is 2.78. The summed E-state index contributed by atoms with van der Waals surface area (Å²) in [5.74, 6) is -2.16. The number of carbonyl (C=O) groups excluding carboxylic acids is 3. The van der Waals surface area contributed by atoms with Crippen molar-refractivity contribution in [1.82, 2.24) is 5.32 Å². The molecule has 10 nitrogen and oxygen atoms in total. The van der Waals surface area contributed by atoms with Crippen LogP contribution in [0, 0.1) is 0 Å². The second-order valence-corrected chi connectivity index (χ2v) is 6.86. The number of hydrogen-bond donors (Lipinski definition) is 2. The molecule has 4 amide bonds. The third kappa shape index (κ3) is 4.95. The molecule has 1 aliphatic rings. The molecule has 1 aliphatic heterocycles. The molecule has 172 valence electrons. The summed E-state index contributed by atoms with van der Waals surface area (Å²) in [5.41, 5.74) is 0.118. The van der Waals surface area contributed by atoms with Crippen molar-refractivity contribution in [2.24, 2.45) is 0 Å². The van der Waals surface area contributed by atoms with Crippen LogP contribution in [0.3, 0.4) is 0 Å². The molecule has 3 rings (SSSR count). The first-order chi connectivity index (χ1) is 15.8. The number of barbiturate groups is 1. The Balaban J connectivity index is 2.02. The van der Waals surface area contributed by atoms with E-state index in [4.69, 9.17) is 14.2 Å². The van der Waals surface area contributed by atoms with Gasteiger partial charge in [-0.2, -0.15) is 0 Å². The zero-order valence-corrected chi connectivity index (χ0v) is 18.2. The highest BCUT2D eigenvalue weighted by Crippen LogP contribution is 2.34. The van der Waals surface area contributed by atoms with E-state index in [0.717, 1.165) is 4.90 Å². The molecule has 2 N–H and O–H groups in total. The highest BCUT2D eigenvalue weighted by Gasteiger charge is 2.37. The molecule has 1 saturated heterocycles. The third-order valence-corrected chi connectivity index (χ3v) is 4.68. The fourth-order valence-corrected chi connectivity index (χ4v) is 3.07. The monoisotopic (exact) mass is 454 g/mol. The van der Waals surface area contributed by atoms with Crippen molar-refractivity contribution in [3.63, 3.8) is 0 Å². The quantitative estimate of drug-likeness (QED) is 0.460. The topological polar surface area (TPSA) is 131 Å². The van der Waals surface area contributed by atoms with Crippen LogP contribution in [-0.2, 0) is 14.4 Å². The molecule has 2 aromatic rings. The number of carboxylic acids is 1. The van der Waals surface area contributed by atoms with Gasteiger partial charge < -0.3 is 19.3 Å². The van der Waals surface area contributed by atoms with Gasteiger partial charge in [0, 0.05) is 5.56 Å². The summed E-state index contributed by atoms with van der Waals surface area (Å²) in [4.78, 5) is 50.1. The van der Waals surface area contributed by atoms with Gasteiger partial charge in [-0.05, 0) is 50.3 Å². The number of rotatable bonds is 8. The van der Waals surface area contributed by atoms with Crippen LogP contribution in [-0.4, -0.2) is 48.7 Å². The number of urea groups is 1. The number of para-hydroxylation sites is 1. The molecule has 10 heteroatoms. The minimum absolute atomic E-state index is 0.0347. The Morgan fingerprint density at radius 2 is 1.85 bits per heavy atom. The second kappa shape index (κ2) is 9.86. The van der Waals surface area contributed by atoms with Crippen LogP contribution < -0.4 is 24.4 Å². The summed E-state index contributed by atoms with van der Waals surface area (Å²) in [6, 6.07) is 10.00. The van der Waals surface area contributed by atoms with E-state index < -0.39 is 29.9 Å². The largest absolute Gasteiger partial charge is 0.494 e. The van der Waals surface area contributed by atoms with Crippen LogP contribution in [0.5, 0.6) is 17.2 Å². The summed E-state index contributed by atoms with van der Waals surface area (Å²) in [6.07, 6.45) is -0.00535. The number of nitrogens with zero attached hydrogens (tertiary/aromatic N) is 1. The lowest BCUT2D eigenvalue weighted by atomic mass is 10.1. The van der Waals surface area contributed by atoms with Crippen molar-refractivity contribution < 1.29 is 38.5 Å². The van der Waals surface area contributed by atoms with Crippen LogP contribution in [0.25, 0.3) is 6.08 Å². The van der Waals surface area contributed by atoms with Gasteiger partial charge in [0.15, 0.2) is 17.6 Å². The number of nitrogens with one attached hydrogen (secondary N) is 1. The molecule has 0 aromatic heterocycles. The van der Waals surface area contributed by atoms with Crippen LogP contribution in [0.4, 0.5) is 10.5 Å². The summed E-state index contributed by atoms with van der Waals surface area (Å²) >= 11 is 0. The molecule has 0 bridgehead atoms. The lowest BCUT2D eigenvalue weighted by Gasteiger charge is -2.26. The van der Waals surface area contributed by atoms with Crippen molar-refractivity contribution >= 4 is 35.6 Å². The number of ether oxygens (including phenoxy) is 3. The van der Waals surface area contributed by atoms with Gasteiger partial charge in [0.25, 0.3) is 11.8 Å². The predicted octanol–water partition coefficient (Wildman–Crippen LogP) is 2.61. The molecule has 33 heavy (non-hydrogen) atoms. The summed E-state index contributed by atoms with van der Waals surface area (Å²) < 4.78 is 16.1. The van der Waals surface area contributed by atoms with E-state index in [1.54, 1.807) is 24.3 Å². The maximum Gasteiger partial charge on any atom is 0.344 e. The number of anilines is 1. The predicted molar refractivity (Wildman–Crippen MR) is 117 cm³/mol. The van der Waals surface area contributed by atoms with Crippen LogP contribution in [0.15, 0.2) is 48.0 Å². The summed E-state index contributed by atoms with van der Waals surface area (Å²) in [7, 11) is 1.37. The lowest BCUT2D eigenvalue weighted by Crippen LogP contribution is -2.54. The number of hydrogen-bond acceptors (Lipinski definition) is 7. The number of imide groups is 2. The first kappa shape index (κ1) is 23.3. The van der Waals surface area contributed by atoms with E-state index in [0.29, 0.717) is 12.4 Å². The summed E-state index contributed by atoms with van der Waals surface area (Å²) in [5, 5.41) is 11.3. The van der Waals surface area contributed by atoms with Crippen LogP contribution in [0.2, 0.25) is 0 Å². The zero-order valence-electron chi connectivity index (χ0n) is 18.2.